The van der Waals surface area contributed by atoms with E-state index in [0.717, 1.165) is 27.5 Å². The molecule has 0 unspecified atom stereocenters. The fourth-order valence-electron chi connectivity index (χ4n) is 5.34. The molecule has 6 rings (SSSR count). The van der Waals surface area contributed by atoms with Gasteiger partial charge in [-0.2, -0.15) is 18.3 Å². The van der Waals surface area contributed by atoms with E-state index in [9.17, 15) is 18.0 Å². The molecule has 196 valence electrons. The molecule has 5 aromatic rings. The number of hydrogen-bond donors (Lipinski definition) is 0. The molecule has 0 aliphatic carbocycles. The maximum Gasteiger partial charge on any atom is 0.435 e. The van der Waals surface area contributed by atoms with Gasteiger partial charge < -0.3 is 4.90 Å². The maximum atomic E-state index is 14.1. The Balaban J connectivity index is 1.53. The van der Waals surface area contributed by atoms with E-state index >= 15 is 0 Å². The Labute approximate surface area is 222 Å². The first-order valence-electron chi connectivity index (χ1n) is 12.5. The van der Waals surface area contributed by atoms with Gasteiger partial charge in [0.05, 0.1) is 11.9 Å². The van der Waals surface area contributed by atoms with Gasteiger partial charge in [0.2, 0.25) is 0 Å². The van der Waals surface area contributed by atoms with Crippen molar-refractivity contribution in [1.29, 1.82) is 0 Å². The molecule has 0 spiro atoms. The van der Waals surface area contributed by atoms with Gasteiger partial charge in [-0.25, -0.2) is 0 Å². The van der Waals surface area contributed by atoms with Gasteiger partial charge in [-0.05, 0) is 66.3 Å². The lowest BCUT2D eigenvalue weighted by Crippen LogP contribution is -2.38. The van der Waals surface area contributed by atoms with Crippen molar-refractivity contribution in [2.24, 2.45) is 7.05 Å². The average Bonchev–Trinajstić information content (AvgIpc) is 3.31. The Morgan fingerprint density at radius 3 is 2.46 bits per heavy atom. The first-order valence-corrected chi connectivity index (χ1v) is 12.5. The first-order chi connectivity index (χ1) is 18.7. The molecule has 1 aliphatic heterocycles. The number of benzene rings is 2. The van der Waals surface area contributed by atoms with Gasteiger partial charge >= 0.3 is 6.18 Å². The van der Waals surface area contributed by atoms with Crippen molar-refractivity contribution in [3.63, 3.8) is 0 Å². The smallest absolute Gasteiger partial charge is 0.306 e. The number of halogens is 3. The summed E-state index contributed by atoms with van der Waals surface area (Å²) in [7, 11) is 1.47. The predicted octanol–water partition coefficient (Wildman–Crippen LogP) is 6.15. The predicted molar refractivity (Wildman–Crippen MR) is 143 cm³/mol. The van der Waals surface area contributed by atoms with Crippen LogP contribution in [0.2, 0.25) is 0 Å². The summed E-state index contributed by atoms with van der Waals surface area (Å²) in [6.07, 6.45) is 4.33. The normalized spacial score (nSPS) is 13.7. The third-order valence-electron chi connectivity index (χ3n) is 7.10. The number of hydrogen-bond acceptors (Lipinski definition) is 4. The van der Waals surface area contributed by atoms with Crippen molar-refractivity contribution >= 4 is 22.4 Å². The van der Waals surface area contributed by atoms with E-state index in [0.29, 0.717) is 41.8 Å². The van der Waals surface area contributed by atoms with Crippen molar-refractivity contribution in [2.75, 3.05) is 11.4 Å². The summed E-state index contributed by atoms with van der Waals surface area (Å²) in [5, 5.41) is 5.54. The van der Waals surface area contributed by atoms with Crippen molar-refractivity contribution in [3.8, 4) is 11.1 Å². The molecule has 0 saturated carbocycles. The van der Waals surface area contributed by atoms with E-state index in [1.807, 2.05) is 37.3 Å². The molecule has 39 heavy (non-hydrogen) atoms. The number of fused-ring (bicyclic) bond motifs is 2. The maximum absolute atomic E-state index is 14.1. The Morgan fingerprint density at radius 2 is 1.69 bits per heavy atom. The standard InChI is InChI=1S/C30H24F3N5O/c1-18-3-4-21-15-35-16-27(23(21)11-18)38-10-7-22-24(26-17-37(2)36-28(26)30(31,32)33)13-20(14-25(22)29(38)39)12-19-5-8-34-9-6-19/h3-6,8-9,11,13-17H,7,10,12H2,1-2H3. The second-order valence-corrected chi connectivity index (χ2v) is 9.85. The molecule has 6 nitrogen and oxygen atoms in total. The molecule has 0 N–H and O–H groups in total. The van der Waals surface area contributed by atoms with E-state index in [2.05, 4.69) is 15.1 Å². The number of carbonyl (C=O) groups excluding carboxylic acids is 1. The highest BCUT2D eigenvalue weighted by Crippen LogP contribution is 2.41. The molecular weight excluding hydrogens is 503 g/mol. The van der Waals surface area contributed by atoms with Crippen LogP contribution in [0.15, 0.2) is 73.4 Å². The van der Waals surface area contributed by atoms with Crippen molar-refractivity contribution < 1.29 is 18.0 Å². The highest BCUT2D eigenvalue weighted by atomic mass is 19.4. The number of aromatic nitrogens is 4. The zero-order chi connectivity index (χ0) is 27.3. The van der Waals surface area contributed by atoms with Gasteiger partial charge in [-0.15, -0.1) is 0 Å². The van der Waals surface area contributed by atoms with E-state index in [-0.39, 0.29) is 11.5 Å². The third kappa shape index (κ3) is 4.54. The fourth-order valence-corrected chi connectivity index (χ4v) is 5.34. The highest BCUT2D eigenvalue weighted by Gasteiger charge is 2.39. The molecule has 4 heterocycles. The van der Waals surface area contributed by atoms with Crippen molar-refractivity contribution in [1.82, 2.24) is 19.7 Å². The monoisotopic (exact) mass is 527 g/mol. The molecule has 2 aromatic carbocycles. The van der Waals surface area contributed by atoms with Gasteiger partial charge in [-0.1, -0.05) is 23.8 Å². The number of pyridine rings is 2. The highest BCUT2D eigenvalue weighted by molar-refractivity contribution is 6.13. The van der Waals surface area contributed by atoms with Crippen LogP contribution in [0.4, 0.5) is 18.9 Å². The number of alkyl halides is 3. The quantitative estimate of drug-likeness (QED) is 0.281. The fraction of sp³-hybridized carbons (Fsp3) is 0.200. The van der Waals surface area contributed by atoms with Crippen LogP contribution >= 0.6 is 0 Å². The van der Waals surface area contributed by atoms with Crippen LogP contribution in [0.25, 0.3) is 21.9 Å². The van der Waals surface area contributed by atoms with Crippen LogP contribution in [0, 0.1) is 6.92 Å². The van der Waals surface area contributed by atoms with Crippen LogP contribution in [0.1, 0.15) is 38.3 Å². The largest absolute Gasteiger partial charge is 0.435 e. The first kappa shape index (κ1) is 24.8. The van der Waals surface area contributed by atoms with Crippen LogP contribution in [-0.4, -0.2) is 32.2 Å². The minimum atomic E-state index is -4.64. The molecule has 1 amide bonds. The van der Waals surface area contributed by atoms with E-state index in [4.69, 9.17) is 0 Å². The second-order valence-electron chi connectivity index (χ2n) is 9.85. The Kier molecular flexibility index (Phi) is 5.94. The Hall–Kier alpha value is -4.53. The molecule has 0 radical (unpaired) electrons. The third-order valence-corrected chi connectivity index (χ3v) is 7.10. The SMILES string of the molecule is Cc1ccc2cncc(N3CCc4c(cc(Cc5ccncc5)cc4-c4cn(C)nc4C(F)(F)F)C3=O)c2c1. The minimum absolute atomic E-state index is 0.0264. The van der Waals surface area contributed by atoms with Gasteiger partial charge in [-0.3, -0.25) is 19.4 Å². The number of anilines is 1. The zero-order valence-electron chi connectivity index (χ0n) is 21.3. The number of aryl methyl sites for hydroxylation is 2. The molecular formula is C30H24F3N5O. The summed E-state index contributed by atoms with van der Waals surface area (Å²) >= 11 is 0. The molecule has 9 heteroatoms. The summed E-state index contributed by atoms with van der Waals surface area (Å²) in [5.41, 5.74) is 3.79. The molecule has 0 saturated heterocycles. The van der Waals surface area contributed by atoms with Crippen molar-refractivity contribution in [2.45, 2.75) is 25.9 Å². The van der Waals surface area contributed by atoms with Gasteiger partial charge in [0.25, 0.3) is 5.91 Å². The lowest BCUT2D eigenvalue weighted by atomic mass is 9.86. The number of carbonyl (C=O) groups is 1. The van der Waals surface area contributed by atoms with Crippen LogP contribution in [0.3, 0.4) is 0 Å². The van der Waals surface area contributed by atoms with Crippen LogP contribution in [-0.2, 0) is 26.1 Å². The number of rotatable bonds is 4. The van der Waals surface area contributed by atoms with E-state index < -0.39 is 11.9 Å². The summed E-state index contributed by atoms with van der Waals surface area (Å²) < 4.78 is 43.2. The van der Waals surface area contributed by atoms with Gasteiger partial charge in [0, 0.05) is 60.3 Å². The summed E-state index contributed by atoms with van der Waals surface area (Å²) in [6.45, 7) is 2.31. The molecule has 0 bridgehead atoms. The summed E-state index contributed by atoms with van der Waals surface area (Å²) in [5.74, 6) is -0.262. The van der Waals surface area contributed by atoms with E-state index in [1.165, 1.54) is 17.9 Å². The van der Waals surface area contributed by atoms with Crippen LogP contribution in [0.5, 0.6) is 0 Å². The molecule has 0 atom stereocenters. The lowest BCUT2D eigenvalue weighted by molar-refractivity contribution is -0.140. The van der Waals surface area contributed by atoms with Crippen molar-refractivity contribution in [3.05, 3.63) is 107 Å². The molecule has 0 fully saturated rings. The average molecular weight is 528 g/mol. The minimum Gasteiger partial charge on any atom is -0.306 e. The molecule has 1 aliphatic rings. The van der Waals surface area contributed by atoms with E-state index in [1.54, 1.807) is 41.8 Å². The summed E-state index contributed by atoms with van der Waals surface area (Å²) in [4.78, 5) is 24.2. The topological polar surface area (TPSA) is 63.9 Å². The number of nitrogens with zero attached hydrogens (tertiary/aromatic N) is 5. The van der Waals surface area contributed by atoms with Gasteiger partial charge in [0.1, 0.15) is 0 Å². The Morgan fingerprint density at radius 1 is 0.923 bits per heavy atom. The summed E-state index contributed by atoms with van der Waals surface area (Å²) in [6, 6.07) is 13.2. The zero-order valence-corrected chi connectivity index (χ0v) is 21.3. The number of amides is 1. The van der Waals surface area contributed by atoms with Gasteiger partial charge in [0.15, 0.2) is 5.69 Å². The lowest BCUT2D eigenvalue weighted by Gasteiger charge is -2.31. The molecule has 3 aromatic heterocycles. The second kappa shape index (κ2) is 9.34. The van der Waals surface area contributed by atoms with Crippen LogP contribution < -0.4 is 4.90 Å². The Bertz CT molecular complexity index is 1730.